The van der Waals surface area contributed by atoms with Crippen molar-refractivity contribution in [3.63, 3.8) is 0 Å². The third-order valence-electron chi connectivity index (χ3n) is 1.57. The number of rotatable bonds is 0. The fraction of sp³-hybridized carbons (Fsp3) is 0.625. The maximum absolute atomic E-state index is 9.87. The molecule has 0 aromatic carbocycles. The number of aldehydes is 1. The normalized spacial score (nSPS) is 19.2. The van der Waals surface area contributed by atoms with Gasteiger partial charge in [-0.1, -0.05) is 5.92 Å². The Hall–Kier alpha value is -0.420. The number of hydrogen-bond donors (Lipinski definition) is 0. The topological polar surface area (TPSA) is 17.1 Å². The Morgan fingerprint density at radius 1 is 1.40 bits per heavy atom. The zero-order valence-electron chi connectivity index (χ0n) is 5.80. The predicted molar refractivity (Wildman–Crippen MR) is 43.9 cm³/mol. The summed E-state index contributed by atoms with van der Waals surface area (Å²) in [5.41, 5.74) is 0. The van der Waals surface area contributed by atoms with Crippen LogP contribution >= 0.6 is 11.8 Å². The highest BCUT2D eigenvalue weighted by molar-refractivity contribution is 7.99. The summed E-state index contributed by atoms with van der Waals surface area (Å²) in [6.45, 7) is 0. The van der Waals surface area contributed by atoms with Gasteiger partial charge in [-0.2, -0.15) is 11.8 Å². The molecule has 0 spiro atoms. The molecule has 1 nitrogen and oxygen atoms in total. The van der Waals surface area contributed by atoms with Crippen molar-refractivity contribution in [1.82, 2.24) is 0 Å². The molecule has 0 saturated carbocycles. The van der Waals surface area contributed by atoms with E-state index in [0.717, 1.165) is 12.8 Å². The van der Waals surface area contributed by atoms with E-state index in [1.807, 2.05) is 11.8 Å². The van der Waals surface area contributed by atoms with Crippen molar-refractivity contribution in [1.29, 1.82) is 0 Å². The summed E-state index contributed by atoms with van der Waals surface area (Å²) in [6.07, 6.45) is 3.00. The number of hydrogen-bond acceptors (Lipinski definition) is 2. The molecule has 1 fully saturated rings. The molecule has 1 rings (SSSR count). The van der Waals surface area contributed by atoms with Gasteiger partial charge < -0.3 is 0 Å². The van der Waals surface area contributed by atoms with Gasteiger partial charge in [0, 0.05) is 5.92 Å². The van der Waals surface area contributed by atoms with Gasteiger partial charge in [-0.05, 0) is 30.3 Å². The molecule has 54 valence electrons. The Morgan fingerprint density at radius 3 is 2.70 bits per heavy atom. The first-order valence-electron chi connectivity index (χ1n) is 3.46. The lowest BCUT2D eigenvalue weighted by Gasteiger charge is -2.14. The second-order valence-electron chi connectivity index (χ2n) is 2.29. The molecule has 1 aliphatic heterocycles. The van der Waals surface area contributed by atoms with E-state index in [4.69, 9.17) is 0 Å². The SMILES string of the molecule is O=CC#CC1CCSCC1. The first kappa shape index (κ1) is 7.68. The van der Waals surface area contributed by atoms with Crippen LogP contribution in [0.5, 0.6) is 0 Å². The van der Waals surface area contributed by atoms with Crippen molar-refractivity contribution >= 4 is 18.0 Å². The second kappa shape index (κ2) is 4.40. The van der Waals surface area contributed by atoms with Crippen LogP contribution < -0.4 is 0 Å². The molecular formula is C8H10OS. The van der Waals surface area contributed by atoms with Crippen LogP contribution in [-0.4, -0.2) is 17.8 Å². The van der Waals surface area contributed by atoms with Crippen molar-refractivity contribution in [2.24, 2.45) is 5.92 Å². The third-order valence-corrected chi connectivity index (χ3v) is 2.62. The largest absolute Gasteiger partial charge is 0.289 e. The molecule has 0 aliphatic carbocycles. The number of carbonyl (C=O) groups is 1. The fourth-order valence-corrected chi connectivity index (χ4v) is 2.10. The summed E-state index contributed by atoms with van der Waals surface area (Å²) in [5, 5.41) is 0. The molecule has 0 N–H and O–H groups in total. The average Bonchev–Trinajstić information content (AvgIpc) is 2.03. The Balaban J connectivity index is 2.32. The summed E-state index contributed by atoms with van der Waals surface area (Å²) >= 11 is 1.98. The van der Waals surface area contributed by atoms with Gasteiger partial charge in [0.25, 0.3) is 0 Å². The quantitative estimate of drug-likeness (QED) is 0.387. The summed E-state index contributed by atoms with van der Waals surface area (Å²) in [7, 11) is 0. The molecule has 1 heterocycles. The van der Waals surface area contributed by atoms with E-state index < -0.39 is 0 Å². The fourth-order valence-electron chi connectivity index (χ4n) is 0.994. The molecule has 0 aromatic rings. The van der Waals surface area contributed by atoms with E-state index in [1.54, 1.807) is 0 Å². The first-order chi connectivity index (χ1) is 4.93. The molecular weight excluding hydrogens is 144 g/mol. The molecule has 0 unspecified atom stereocenters. The minimum atomic E-state index is 0.492. The predicted octanol–water partition coefficient (Wildman–Crippen LogP) is 1.33. The van der Waals surface area contributed by atoms with Gasteiger partial charge >= 0.3 is 0 Å². The molecule has 0 radical (unpaired) electrons. The van der Waals surface area contributed by atoms with Crippen molar-refractivity contribution < 1.29 is 4.79 Å². The number of carbonyl (C=O) groups excluding carboxylic acids is 1. The summed E-state index contributed by atoms with van der Waals surface area (Å²) in [6, 6.07) is 0. The smallest absolute Gasteiger partial charge is 0.192 e. The molecule has 10 heavy (non-hydrogen) atoms. The van der Waals surface area contributed by atoms with E-state index in [2.05, 4.69) is 11.8 Å². The molecule has 0 bridgehead atoms. The molecule has 1 aliphatic rings. The van der Waals surface area contributed by atoms with E-state index in [-0.39, 0.29) is 0 Å². The van der Waals surface area contributed by atoms with Crippen molar-refractivity contribution in [3.8, 4) is 11.8 Å². The van der Waals surface area contributed by atoms with Gasteiger partial charge in [-0.25, -0.2) is 0 Å². The van der Waals surface area contributed by atoms with Crippen molar-refractivity contribution in [2.45, 2.75) is 12.8 Å². The Bertz CT molecular complexity index is 160. The lowest BCUT2D eigenvalue weighted by atomic mass is 10.0. The molecule has 2 heteroatoms. The van der Waals surface area contributed by atoms with Crippen LogP contribution in [0.3, 0.4) is 0 Å². The van der Waals surface area contributed by atoms with Crippen LogP contribution in [0.1, 0.15) is 12.8 Å². The van der Waals surface area contributed by atoms with Gasteiger partial charge in [-0.15, -0.1) is 0 Å². The third kappa shape index (κ3) is 2.45. The van der Waals surface area contributed by atoms with E-state index in [0.29, 0.717) is 12.2 Å². The highest BCUT2D eigenvalue weighted by Gasteiger charge is 2.09. The Kier molecular flexibility index (Phi) is 3.38. The first-order valence-corrected chi connectivity index (χ1v) is 4.61. The Labute approximate surface area is 65.6 Å². The minimum Gasteiger partial charge on any atom is -0.289 e. The highest BCUT2D eigenvalue weighted by Crippen LogP contribution is 2.21. The molecule has 0 aromatic heterocycles. The standard InChI is InChI=1S/C8H10OS/c9-5-1-2-8-3-6-10-7-4-8/h5,8H,3-4,6-7H2. The molecule has 0 amide bonds. The maximum atomic E-state index is 9.87. The van der Waals surface area contributed by atoms with E-state index >= 15 is 0 Å². The molecule has 1 saturated heterocycles. The highest BCUT2D eigenvalue weighted by atomic mass is 32.2. The van der Waals surface area contributed by atoms with Gasteiger partial charge in [0.15, 0.2) is 6.29 Å². The van der Waals surface area contributed by atoms with Crippen LogP contribution in [-0.2, 0) is 4.79 Å². The van der Waals surface area contributed by atoms with Crippen molar-refractivity contribution in [3.05, 3.63) is 0 Å². The van der Waals surface area contributed by atoms with Crippen LogP contribution in [0, 0.1) is 17.8 Å². The molecule has 0 atom stereocenters. The lowest BCUT2D eigenvalue weighted by Crippen LogP contribution is -2.06. The van der Waals surface area contributed by atoms with Gasteiger partial charge in [0.2, 0.25) is 0 Å². The van der Waals surface area contributed by atoms with Crippen LogP contribution in [0.2, 0.25) is 0 Å². The monoisotopic (exact) mass is 154 g/mol. The van der Waals surface area contributed by atoms with Crippen LogP contribution in [0.15, 0.2) is 0 Å². The number of thioether (sulfide) groups is 1. The summed E-state index contributed by atoms with van der Waals surface area (Å²) in [4.78, 5) is 9.87. The summed E-state index contributed by atoms with van der Waals surface area (Å²) in [5.74, 6) is 8.32. The zero-order valence-corrected chi connectivity index (χ0v) is 6.62. The van der Waals surface area contributed by atoms with E-state index in [9.17, 15) is 4.79 Å². The second-order valence-corrected chi connectivity index (χ2v) is 3.52. The van der Waals surface area contributed by atoms with Crippen LogP contribution in [0.25, 0.3) is 0 Å². The maximum Gasteiger partial charge on any atom is 0.192 e. The minimum absolute atomic E-state index is 0.492. The van der Waals surface area contributed by atoms with E-state index in [1.165, 1.54) is 11.5 Å². The summed E-state index contributed by atoms with van der Waals surface area (Å²) < 4.78 is 0. The van der Waals surface area contributed by atoms with Gasteiger partial charge in [0.1, 0.15) is 0 Å². The Morgan fingerprint density at radius 2 is 2.10 bits per heavy atom. The average molecular weight is 154 g/mol. The zero-order chi connectivity index (χ0) is 7.23. The lowest BCUT2D eigenvalue weighted by molar-refractivity contribution is -0.103. The van der Waals surface area contributed by atoms with Crippen molar-refractivity contribution in [2.75, 3.05) is 11.5 Å². The van der Waals surface area contributed by atoms with Gasteiger partial charge in [-0.3, -0.25) is 4.79 Å². The van der Waals surface area contributed by atoms with Gasteiger partial charge in [0.05, 0.1) is 0 Å². The van der Waals surface area contributed by atoms with Crippen LogP contribution in [0.4, 0.5) is 0 Å².